The van der Waals surface area contributed by atoms with Gasteiger partial charge in [0.15, 0.2) is 0 Å². The van der Waals surface area contributed by atoms with Gasteiger partial charge in [-0.25, -0.2) is 9.97 Å². The molecule has 1 amide bonds. The molecule has 0 aliphatic carbocycles. The Hall–Kier alpha value is -3.74. The van der Waals surface area contributed by atoms with Gasteiger partial charge in [0.2, 0.25) is 5.91 Å². The Morgan fingerprint density at radius 3 is 2.73 bits per heavy atom. The number of benzene rings is 1. The highest BCUT2D eigenvalue weighted by Crippen LogP contribution is 2.39. The molecule has 4 heterocycles. The average molecular weight is 400 g/mol. The highest BCUT2D eigenvalue weighted by molar-refractivity contribution is 6.03. The third kappa shape index (κ3) is 3.61. The first-order chi connectivity index (χ1) is 14.6. The molecule has 0 saturated carbocycles. The van der Waals surface area contributed by atoms with Crippen LogP contribution in [0.3, 0.4) is 0 Å². The maximum Gasteiger partial charge on any atom is 0.240 e. The Labute approximate surface area is 174 Å². The van der Waals surface area contributed by atoms with E-state index in [1.807, 2.05) is 24.4 Å². The molecule has 4 N–H and O–H groups in total. The zero-order chi connectivity index (χ0) is 21.1. The first-order valence-electron chi connectivity index (χ1n) is 9.98. The summed E-state index contributed by atoms with van der Waals surface area (Å²) < 4.78 is 2.34. The van der Waals surface area contributed by atoms with Crippen molar-refractivity contribution in [1.82, 2.24) is 19.5 Å². The molecule has 0 radical (unpaired) electrons. The lowest BCUT2D eigenvalue weighted by Crippen LogP contribution is -2.04. The number of rotatable bonds is 2. The number of hydrogen-bond donors (Lipinski definition) is 2. The van der Waals surface area contributed by atoms with Gasteiger partial charge < -0.3 is 16.0 Å². The van der Waals surface area contributed by atoms with E-state index in [1.54, 1.807) is 6.33 Å². The number of amides is 1. The van der Waals surface area contributed by atoms with Crippen molar-refractivity contribution in [2.45, 2.75) is 32.2 Å². The molecule has 0 spiro atoms. The lowest BCUT2D eigenvalue weighted by atomic mass is 10.0. The van der Waals surface area contributed by atoms with Crippen LogP contribution in [0.25, 0.3) is 33.1 Å². The van der Waals surface area contributed by atoms with E-state index < -0.39 is 5.91 Å². The highest BCUT2D eigenvalue weighted by atomic mass is 16.1. The summed E-state index contributed by atoms with van der Waals surface area (Å²) in [6, 6.07) is 10.4. The molecule has 7 heteroatoms. The summed E-state index contributed by atoms with van der Waals surface area (Å²) in [5, 5.41) is 2.11. The summed E-state index contributed by atoms with van der Waals surface area (Å²) in [4.78, 5) is 22.9. The fourth-order valence-electron chi connectivity index (χ4n) is 4.00. The number of aromatic nitrogens is 4. The average Bonchev–Trinajstić information content (AvgIpc) is 2.90. The third-order valence-corrected chi connectivity index (χ3v) is 5.35. The summed E-state index contributed by atoms with van der Waals surface area (Å²) in [6.07, 6.45) is 9.23. The molecule has 0 fully saturated rings. The second-order valence-corrected chi connectivity index (χ2v) is 7.26. The molecule has 152 valence electrons. The molecular weight excluding hydrogens is 376 g/mol. The van der Waals surface area contributed by atoms with Crippen molar-refractivity contribution in [2.75, 3.05) is 5.73 Å². The van der Waals surface area contributed by atoms with Crippen molar-refractivity contribution in [3.8, 4) is 11.1 Å². The molecule has 7 nitrogen and oxygen atoms in total. The summed E-state index contributed by atoms with van der Waals surface area (Å²) in [5.74, 6) is 0.0683. The first-order valence-corrected chi connectivity index (χ1v) is 9.98. The van der Waals surface area contributed by atoms with Gasteiger partial charge in [-0.1, -0.05) is 31.2 Å². The number of carbonyl (C=O) groups excluding carboxylic acids is 1. The normalized spacial score (nSPS) is 13.2. The predicted octanol–water partition coefficient (Wildman–Crippen LogP) is 3.61. The number of fused-ring (bicyclic) bond motifs is 4. The Kier molecular flexibility index (Phi) is 5.43. The van der Waals surface area contributed by atoms with Crippen LogP contribution in [-0.2, 0) is 17.8 Å². The quantitative estimate of drug-likeness (QED) is 0.499. The number of nitrogens with two attached hydrogens (primary N) is 2. The van der Waals surface area contributed by atoms with Crippen molar-refractivity contribution in [1.29, 1.82) is 0 Å². The van der Waals surface area contributed by atoms with E-state index in [0.29, 0.717) is 5.82 Å². The van der Waals surface area contributed by atoms with E-state index in [-0.39, 0.29) is 0 Å². The molecule has 1 aromatic carbocycles. The molecular formula is C23H24N6O. The molecule has 1 aliphatic rings. The number of nitrogens with zero attached hydrogens (tertiary/aromatic N) is 4. The van der Waals surface area contributed by atoms with E-state index in [2.05, 4.69) is 44.0 Å². The largest absolute Gasteiger partial charge is 0.383 e. The van der Waals surface area contributed by atoms with Crippen molar-refractivity contribution in [2.24, 2.45) is 5.73 Å². The van der Waals surface area contributed by atoms with Gasteiger partial charge in [0.1, 0.15) is 17.8 Å². The van der Waals surface area contributed by atoms with Gasteiger partial charge in [0.05, 0.1) is 10.9 Å². The van der Waals surface area contributed by atoms with Crippen molar-refractivity contribution in [3.05, 3.63) is 61.2 Å². The zero-order valence-corrected chi connectivity index (χ0v) is 16.7. The van der Waals surface area contributed by atoms with Crippen molar-refractivity contribution < 1.29 is 4.79 Å². The molecule has 4 aromatic rings. The van der Waals surface area contributed by atoms with Gasteiger partial charge in [-0.15, -0.1) is 0 Å². The number of anilines is 1. The van der Waals surface area contributed by atoms with E-state index in [1.165, 1.54) is 25.0 Å². The maximum atomic E-state index is 9.47. The number of para-hydroxylation sites is 1. The lowest BCUT2D eigenvalue weighted by molar-refractivity contribution is -0.113. The number of primary amides is 1. The van der Waals surface area contributed by atoms with Gasteiger partial charge in [-0.05, 0) is 37.5 Å². The topological polar surface area (TPSA) is 113 Å². The molecule has 5 rings (SSSR count). The van der Waals surface area contributed by atoms with Crippen LogP contribution in [0.4, 0.5) is 5.82 Å². The summed E-state index contributed by atoms with van der Waals surface area (Å²) in [7, 11) is 0. The Morgan fingerprint density at radius 2 is 1.93 bits per heavy atom. The second-order valence-electron chi connectivity index (χ2n) is 7.26. The number of pyridine rings is 1. The van der Waals surface area contributed by atoms with Crippen molar-refractivity contribution >= 4 is 33.7 Å². The monoisotopic (exact) mass is 400 g/mol. The van der Waals surface area contributed by atoms with Crippen LogP contribution in [-0.4, -0.2) is 25.4 Å². The predicted molar refractivity (Wildman–Crippen MR) is 120 cm³/mol. The minimum atomic E-state index is -0.481. The van der Waals surface area contributed by atoms with Crippen LogP contribution >= 0.6 is 0 Å². The van der Waals surface area contributed by atoms with Crippen LogP contribution in [0, 0.1) is 0 Å². The number of hydrogen-bond acceptors (Lipinski definition) is 5. The summed E-state index contributed by atoms with van der Waals surface area (Å²) in [5.41, 5.74) is 16.3. The number of carbonyl (C=O) groups is 1. The second kappa shape index (κ2) is 8.32. The van der Waals surface area contributed by atoms with Gasteiger partial charge >= 0.3 is 0 Å². The van der Waals surface area contributed by atoms with Crippen LogP contribution < -0.4 is 11.5 Å². The Morgan fingerprint density at radius 1 is 1.13 bits per heavy atom. The van der Waals surface area contributed by atoms with E-state index in [0.717, 1.165) is 52.1 Å². The smallest absolute Gasteiger partial charge is 0.240 e. The van der Waals surface area contributed by atoms with E-state index >= 15 is 0 Å². The number of aryl methyl sites for hydroxylation is 1. The van der Waals surface area contributed by atoms with Crippen LogP contribution in [0.15, 0.2) is 55.5 Å². The zero-order valence-electron chi connectivity index (χ0n) is 16.7. The SMILES string of the molecule is C=CC(N)=O.Nc1ncnc2c1c(-c1cnc3ccccc3c1)c1n2CCCCC1. The molecule has 3 aromatic heterocycles. The van der Waals surface area contributed by atoms with Crippen LogP contribution in [0.5, 0.6) is 0 Å². The molecule has 0 bridgehead atoms. The molecule has 0 atom stereocenters. The van der Waals surface area contributed by atoms with E-state index in [4.69, 9.17) is 5.73 Å². The van der Waals surface area contributed by atoms with Crippen LogP contribution in [0.1, 0.15) is 25.0 Å². The Bertz CT molecular complexity index is 1240. The fourth-order valence-corrected chi connectivity index (χ4v) is 4.00. The standard InChI is InChI=1S/C20H19N5.C3H5NO/c21-19-18-17(14-10-13-6-3-4-7-15(13)22-11-14)16-8-2-1-5-9-25(16)20(18)24-12-23-19;1-2-3(4)5/h3-4,6-7,10-12H,1-2,5,8-9H2,(H2,21,23,24);2H,1H2,(H2,4,5). The summed E-state index contributed by atoms with van der Waals surface area (Å²) in [6.45, 7) is 4.08. The van der Waals surface area contributed by atoms with Gasteiger partial charge in [0, 0.05) is 34.9 Å². The van der Waals surface area contributed by atoms with Gasteiger partial charge in [-0.3, -0.25) is 9.78 Å². The Balaban J connectivity index is 0.000000393. The third-order valence-electron chi connectivity index (χ3n) is 5.35. The van der Waals surface area contributed by atoms with Crippen LogP contribution in [0.2, 0.25) is 0 Å². The highest BCUT2D eigenvalue weighted by Gasteiger charge is 2.23. The first kappa shape index (κ1) is 19.6. The maximum absolute atomic E-state index is 9.47. The van der Waals surface area contributed by atoms with Gasteiger partial charge in [0.25, 0.3) is 0 Å². The van der Waals surface area contributed by atoms with Gasteiger partial charge in [-0.2, -0.15) is 0 Å². The molecule has 1 aliphatic heterocycles. The minimum absolute atomic E-state index is 0.481. The fraction of sp³-hybridized carbons (Fsp3) is 0.217. The summed E-state index contributed by atoms with van der Waals surface area (Å²) >= 11 is 0. The molecule has 0 unspecified atom stereocenters. The minimum Gasteiger partial charge on any atom is -0.383 e. The number of nitrogen functional groups attached to an aromatic ring is 1. The molecule has 0 saturated heterocycles. The lowest BCUT2D eigenvalue weighted by Gasteiger charge is -2.08. The van der Waals surface area contributed by atoms with Crippen molar-refractivity contribution in [3.63, 3.8) is 0 Å². The van der Waals surface area contributed by atoms with E-state index in [9.17, 15) is 4.79 Å². The molecule has 30 heavy (non-hydrogen) atoms.